The Morgan fingerprint density at radius 1 is 1.18 bits per heavy atom. The fraction of sp³-hybridized carbons (Fsp3) is 0.750. The number of rotatable bonds is 5. The lowest BCUT2D eigenvalue weighted by Crippen LogP contribution is -2.50. The Hall–Kier alpha value is -1.33. The second-order valence-electron chi connectivity index (χ2n) is 13.1. The standard InChI is InChI=1S/C28H46O4Si/c1-19(2)15-25(29)30-14-12-20-16-24(32-33(9,10)26(3,4)5)22-18-31-27(6,7)23-11-13-28(20,8)17-21(22)23/h12,14-15,20-21,23H,11,13,16-18H2,1-10H3/b14-12+/t20-,21-,23-,28+/m1/s1. The van der Waals surface area contributed by atoms with Crippen LogP contribution in [-0.4, -0.2) is 26.5 Å². The second kappa shape index (κ2) is 9.03. The lowest BCUT2D eigenvalue weighted by atomic mass is 9.57. The quantitative estimate of drug-likeness (QED) is 0.179. The van der Waals surface area contributed by atoms with Crippen LogP contribution in [0, 0.1) is 23.2 Å². The molecule has 0 radical (unpaired) electrons. The Morgan fingerprint density at radius 3 is 2.45 bits per heavy atom. The van der Waals surface area contributed by atoms with Crippen LogP contribution in [0.4, 0.5) is 0 Å². The molecular weight excluding hydrogens is 428 g/mol. The normalized spacial score (nSPS) is 31.8. The zero-order valence-corrected chi connectivity index (χ0v) is 23.6. The second-order valence-corrected chi connectivity index (χ2v) is 17.8. The summed E-state index contributed by atoms with van der Waals surface area (Å²) < 4.78 is 18.9. The average molecular weight is 475 g/mol. The molecule has 1 heterocycles. The van der Waals surface area contributed by atoms with Crippen molar-refractivity contribution in [1.29, 1.82) is 0 Å². The van der Waals surface area contributed by atoms with Crippen molar-refractivity contribution in [2.24, 2.45) is 23.2 Å². The highest BCUT2D eigenvalue weighted by Crippen LogP contribution is 2.59. The van der Waals surface area contributed by atoms with Crippen molar-refractivity contribution in [2.45, 2.75) is 105 Å². The molecule has 0 N–H and O–H groups in total. The minimum absolute atomic E-state index is 0.104. The average Bonchev–Trinajstić information content (AvgIpc) is 2.72. The van der Waals surface area contributed by atoms with Gasteiger partial charge in [-0.25, -0.2) is 4.79 Å². The van der Waals surface area contributed by atoms with Gasteiger partial charge in [0.25, 0.3) is 0 Å². The Kier molecular flexibility index (Phi) is 7.19. The van der Waals surface area contributed by atoms with Gasteiger partial charge in [-0.2, -0.15) is 0 Å². The number of ether oxygens (including phenoxy) is 2. The first-order valence-electron chi connectivity index (χ1n) is 12.6. The van der Waals surface area contributed by atoms with E-state index in [-0.39, 0.29) is 27.9 Å². The Labute approximate surface area is 203 Å². The minimum Gasteiger partial charge on any atom is -0.546 e. The summed E-state index contributed by atoms with van der Waals surface area (Å²) in [7, 11) is -2.00. The van der Waals surface area contributed by atoms with E-state index in [2.05, 4.69) is 60.7 Å². The van der Waals surface area contributed by atoms with E-state index >= 15 is 0 Å². The molecule has 33 heavy (non-hydrogen) atoms. The molecule has 0 amide bonds. The summed E-state index contributed by atoms with van der Waals surface area (Å²) >= 11 is 0. The topological polar surface area (TPSA) is 44.8 Å². The lowest BCUT2D eigenvalue weighted by Gasteiger charge is -2.52. The number of allylic oxidation sites excluding steroid dienone is 3. The first-order chi connectivity index (χ1) is 15.1. The van der Waals surface area contributed by atoms with Crippen molar-refractivity contribution in [3.63, 3.8) is 0 Å². The molecule has 186 valence electrons. The number of carbonyl (C=O) groups excluding carboxylic acids is 1. The van der Waals surface area contributed by atoms with Crippen LogP contribution in [0.3, 0.4) is 0 Å². The fourth-order valence-electron chi connectivity index (χ4n) is 5.65. The summed E-state index contributed by atoms with van der Waals surface area (Å²) in [6.07, 6.45) is 9.57. The number of carbonyl (C=O) groups is 1. The van der Waals surface area contributed by atoms with E-state index in [1.54, 1.807) is 6.26 Å². The molecule has 1 aliphatic heterocycles. The van der Waals surface area contributed by atoms with Crippen LogP contribution in [0.25, 0.3) is 0 Å². The van der Waals surface area contributed by atoms with Crippen molar-refractivity contribution in [3.05, 3.63) is 35.3 Å². The molecule has 0 unspecified atom stereocenters. The molecule has 0 spiro atoms. The smallest absolute Gasteiger partial charge is 0.335 e. The molecular formula is C28H46O4Si. The number of fused-ring (bicyclic) bond motifs is 1. The van der Waals surface area contributed by atoms with Crippen LogP contribution in [0.1, 0.15) is 81.1 Å². The van der Waals surface area contributed by atoms with E-state index in [0.717, 1.165) is 37.0 Å². The van der Waals surface area contributed by atoms with Gasteiger partial charge in [0.1, 0.15) is 0 Å². The number of esters is 1. The monoisotopic (exact) mass is 474 g/mol. The summed E-state index contributed by atoms with van der Waals surface area (Å²) in [4.78, 5) is 12.0. The van der Waals surface area contributed by atoms with E-state index in [1.807, 2.05) is 13.8 Å². The third kappa shape index (κ3) is 5.50. The molecule has 2 fully saturated rings. The first-order valence-corrected chi connectivity index (χ1v) is 15.5. The number of hydrogen-bond acceptors (Lipinski definition) is 4. The zero-order valence-electron chi connectivity index (χ0n) is 22.6. The van der Waals surface area contributed by atoms with Gasteiger partial charge in [0.05, 0.1) is 24.2 Å². The predicted octanol–water partition coefficient (Wildman–Crippen LogP) is 7.54. The molecule has 2 bridgehead atoms. The molecule has 3 aliphatic rings. The first kappa shape index (κ1) is 26.3. The third-order valence-electron chi connectivity index (χ3n) is 8.88. The fourth-order valence-corrected chi connectivity index (χ4v) is 6.79. The van der Waals surface area contributed by atoms with Gasteiger partial charge in [-0.15, -0.1) is 0 Å². The molecule has 4 atom stereocenters. The van der Waals surface area contributed by atoms with Gasteiger partial charge in [-0.1, -0.05) is 33.3 Å². The maximum atomic E-state index is 12.0. The van der Waals surface area contributed by atoms with E-state index in [9.17, 15) is 4.79 Å². The SMILES string of the molecule is CC(C)=CC(=O)O/C=C/[C@@H]1CC(O[Si](C)(C)C(C)(C)C)=C2COC(C)(C)[C@@H]3CC[C@@]1(C)C[C@H]23. The van der Waals surface area contributed by atoms with Crippen molar-refractivity contribution < 1.29 is 18.7 Å². The highest BCUT2D eigenvalue weighted by Gasteiger charge is 2.54. The molecule has 4 nitrogen and oxygen atoms in total. The van der Waals surface area contributed by atoms with Gasteiger partial charge in [0, 0.05) is 12.5 Å². The van der Waals surface area contributed by atoms with Crippen LogP contribution < -0.4 is 0 Å². The molecule has 1 saturated carbocycles. The van der Waals surface area contributed by atoms with Crippen molar-refractivity contribution >= 4 is 14.3 Å². The summed E-state index contributed by atoms with van der Waals surface area (Å²) in [5.74, 6) is 2.13. The minimum atomic E-state index is -2.00. The highest BCUT2D eigenvalue weighted by molar-refractivity contribution is 6.74. The van der Waals surface area contributed by atoms with Crippen molar-refractivity contribution in [3.8, 4) is 0 Å². The van der Waals surface area contributed by atoms with Crippen molar-refractivity contribution in [2.75, 3.05) is 6.61 Å². The van der Waals surface area contributed by atoms with Crippen LogP contribution in [0.5, 0.6) is 0 Å². The van der Waals surface area contributed by atoms with E-state index in [0.29, 0.717) is 18.4 Å². The number of hydrogen-bond donors (Lipinski definition) is 0. The molecule has 0 aromatic rings. The van der Waals surface area contributed by atoms with Gasteiger partial charge >= 0.3 is 5.97 Å². The third-order valence-corrected chi connectivity index (χ3v) is 13.3. The molecule has 2 aliphatic carbocycles. The Morgan fingerprint density at radius 2 is 1.85 bits per heavy atom. The largest absolute Gasteiger partial charge is 0.546 e. The summed E-state index contributed by atoms with van der Waals surface area (Å²) in [5, 5.41) is 0.130. The lowest BCUT2D eigenvalue weighted by molar-refractivity contribution is -0.132. The van der Waals surface area contributed by atoms with Crippen LogP contribution >= 0.6 is 0 Å². The van der Waals surface area contributed by atoms with Crippen LogP contribution in [0.2, 0.25) is 18.1 Å². The van der Waals surface area contributed by atoms with Gasteiger partial charge in [-0.3, -0.25) is 0 Å². The maximum Gasteiger partial charge on any atom is 0.335 e. The molecule has 3 rings (SSSR count). The summed E-state index contributed by atoms with van der Waals surface area (Å²) in [6, 6.07) is 0. The highest BCUT2D eigenvalue weighted by atomic mass is 28.4. The van der Waals surface area contributed by atoms with Crippen LogP contribution in [0.15, 0.2) is 35.3 Å². The van der Waals surface area contributed by atoms with Gasteiger partial charge in [-0.05, 0) is 99.9 Å². The Bertz CT molecular complexity index is 854. The van der Waals surface area contributed by atoms with E-state index in [4.69, 9.17) is 13.9 Å². The summed E-state index contributed by atoms with van der Waals surface area (Å²) in [5.41, 5.74) is 2.38. The molecule has 0 aromatic heterocycles. The Balaban J connectivity index is 1.98. The van der Waals surface area contributed by atoms with Crippen LogP contribution in [-0.2, 0) is 18.7 Å². The zero-order chi connectivity index (χ0) is 24.8. The van der Waals surface area contributed by atoms with Gasteiger partial charge < -0.3 is 13.9 Å². The van der Waals surface area contributed by atoms with E-state index < -0.39 is 8.32 Å². The van der Waals surface area contributed by atoms with Gasteiger partial charge in [0.15, 0.2) is 0 Å². The van der Waals surface area contributed by atoms with Crippen molar-refractivity contribution in [1.82, 2.24) is 0 Å². The molecule has 5 heteroatoms. The molecule has 1 saturated heterocycles. The predicted molar refractivity (Wildman–Crippen MR) is 137 cm³/mol. The maximum absolute atomic E-state index is 12.0. The summed E-state index contributed by atoms with van der Waals surface area (Å²) in [6.45, 7) is 23.0. The van der Waals surface area contributed by atoms with E-state index in [1.165, 1.54) is 11.6 Å². The molecule has 0 aromatic carbocycles. The van der Waals surface area contributed by atoms with Gasteiger partial charge in [0.2, 0.25) is 8.32 Å².